The van der Waals surface area contributed by atoms with Gasteiger partial charge in [0.25, 0.3) is 0 Å². The normalized spacial score (nSPS) is 17.3. The van der Waals surface area contributed by atoms with Crippen molar-refractivity contribution in [3.8, 4) is 0 Å². The molecule has 1 amide bonds. The summed E-state index contributed by atoms with van der Waals surface area (Å²) in [7, 11) is 0. The van der Waals surface area contributed by atoms with E-state index in [4.69, 9.17) is 9.47 Å². The van der Waals surface area contributed by atoms with Gasteiger partial charge in [-0.25, -0.2) is 5.43 Å². The molecule has 1 fully saturated rings. The summed E-state index contributed by atoms with van der Waals surface area (Å²) in [5, 5.41) is 3.95. The van der Waals surface area contributed by atoms with Crippen LogP contribution in [0.5, 0.6) is 0 Å². The van der Waals surface area contributed by atoms with Crippen molar-refractivity contribution < 1.29 is 14.3 Å². The molecule has 1 aromatic carbocycles. The lowest BCUT2D eigenvalue weighted by Crippen LogP contribution is -2.33. The number of rotatable bonds is 4. The van der Waals surface area contributed by atoms with E-state index in [0.29, 0.717) is 13.2 Å². The summed E-state index contributed by atoms with van der Waals surface area (Å²) >= 11 is 6.94. The van der Waals surface area contributed by atoms with Gasteiger partial charge in [-0.3, -0.25) is 4.79 Å². The number of hydrogen-bond acceptors (Lipinski definition) is 4. The summed E-state index contributed by atoms with van der Waals surface area (Å²) in [5.74, 6) is -1.09. The van der Waals surface area contributed by atoms with E-state index in [1.165, 1.54) is 0 Å². The average molecular weight is 420 g/mol. The summed E-state index contributed by atoms with van der Waals surface area (Å²) in [6.45, 7) is 4.77. The molecule has 1 aliphatic rings. The summed E-state index contributed by atoms with van der Waals surface area (Å²) in [6.07, 6.45) is 1.71. The van der Waals surface area contributed by atoms with Crippen LogP contribution in [0.2, 0.25) is 0 Å². The summed E-state index contributed by atoms with van der Waals surface area (Å²) in [4.78, 5) is 11.8. The number of carbonyl (C=O) groups excluding carboxylic acids is 1. The third kappa shape index (κ3) is 4.60. The van der Waals surface area contributed by atoms with E-state index in [-0.39, 0.29) is 12.3 Å². The van der Waals surface area contributed by atoms with Gasteiger partial charge in [0.1, 0.15) is 0 Å². The first-order valence-corrected chi connectivity index (χ1v) is 8.04. The summed E-state index contributed by atoms with van der Waals surface area (Å²) < 4.78 is 12.7. The van der Waals surface area contributed by atoms with Crippen LogP contribution in [0.25, 0.3) is 0 Å². The van der Waals surface area contributed by atoms with Crippen LogP contribution >= 0.6 is 31.9 Å². The van der Waals surface area contributed by atoms with Crippen molar-refractivity contribution in [3.05, 3.63) is 32.2 Å². The standard InChI is InChI=1S/C14H16Br2N2O3/c1-9-11(15)5-10(6-12(9)16)8-17-18-13(19)7-14(2)20-3-4-21-14/h5-6,8H,3-4,7H2,1-2H3,(H,18,19)/b17-8-. The van der Waals surface area contributed by atoms with Crippen molar-refractivity contribution in [1.82, 2.24) is 5.43 Å². The van der Waals surface area contributed by atoms with Crippen LogP contribution in [0.4, 0.5) is 0 Å². The Morgan fingerprint density at radius 2 is 1.95 bits per heavy atom. The van der Waals surface area contributed by atoms with Crippen LogP contribution in [0.15, 0.2) is 26.2 Å². The van der Waals surface area contributed by atoms with Crippen LogP contribution < -0.4 is 5.43 Å². The minimum atomic E-state index is -0.838. The third-order valence-electron chi connectivity index (χ3n) is 3.09. The SMILES string of the molecule is Cc1c(Br)cc(/C=N\NC(=O)CC2(C)OCCO2)cc1Br. The molecule has 0 radical (unpaired) electrons. The van der Waals surface area contributed by atoms with Gasteiger partial charge in [0.05, 0.1) is 25.8 Å². The van der Waals surface area contributed by atoms with E-state index >= 15 is 0 Å². The zero-order valence-electron chi connectivity index (χ0n) is 11.8. The largest absolute Gasteiger partial charge is 0.347 e. The molecule has 114 valence electrons. The minimum absolute atomic E-state index is 0.117. The maximum Gasteiger partial charge on any atom is 0.245 e. The fourth-order valence-corrected chi connectivity index (χ4v) is 3.13. The average Bonchev–Trinajstić information content (AvgIpc) is 2.82. The van der Waals surface area contributed by atoms with Gasteiger partial charge in [0.2, 0.25) is 5.91 Å². The molecular formula is C14H16Br2N2O3. The van der Waals surface area contributed by atoms with Gasteiger partial charge in [-0.15, -0.1) is 0 Å². The van der Waals surface area contributed by atoms with Gasteiger partial charge in [-0.2, -0.15) is 5.10 Å². The molecule has 2 rings (SSSR count). The second-order valence-electron chi connectivity index (χ2n) is 4.91. The molecule has 7 heteroatoms. The Morgan fingerprint density at radius 3 is 2.52 bits per heavy atom. The minimum Gasteiger partial charge on any atom is -0.347 e. The van der Waals surface area contributed by atoms with Gasteiger partial charge < -0.3 is 9.47 Å². The second-order valence-corrected chi connectivity index (χ2v) is 6.62. The molecule has 1 saturated heterocycles. The number of carbonyl (C=O) groups is 1. The Morgan fingerprint density at radius 1 is 1.38 bits per heavy atom. The molecule has 0 aliphatic carbocycles. The predicted molar refractivity (Wildman–Crippen MR) is 87.2 cm³/mol. The van der Waals surface area contributed by atoms with Gasteiger partial charge in [-0.05, 0) is 37.1 Å². The lowest BCUT2D eigenvalue weighted by Gasteiger charge is -2.20. The third-order valence-corrected chi connectivity index (χ3v) is 4.73. The number of hydrazone groups is 1. The van der Waals surface area contributed by atoms with Gasteiger partial charge in [0.15, 0.2) is 5.79 Å². The molecule has 0 spiro atoms. The highest BCUT2D eigenvalue weighted by atomic mass is 79.9. The van der Waals surface area contributed by atoms with Crippen molar-refractivity contribution >= 4 is 44.0 Å². The Balaban J connectivity index is 1.91. The van der Waals surface area contributed by atoms with Crippen molar-refractivity contribution in [1.29, 1.82) is 0 Å². The first kappa shape index (κ1) is 16.6. The zero-order chi connectivity index (χ0) is 15.5. The monoisotopic (exact) mass is 418 g/mol. The fourth-order valence-electron chi connectivity index (χ4n) is 1.91. The number of nitrogens with one attached hydrogen (secondary N) is 1. The topological polar surface area (TPSA) is 59.9 Å². The Labute approximate surface area is 140 Å². The Kier molecular flexibility index (Phi) is 5.54. The molecule has 5 nitrogen and oxygen atoms in total. The van der Waals surface area contributed by atoms with Crippen LogP contribution in [-0.4, -0.2) is 31.1 Å². The summed E-state index contributed by atoms with van der Waals surface area (Å²) in [5.41, 5.74) is 4.46. The second kappa shape index (κ2) is 7.00. The number of halogens is 2. The molecule has 1 aromatic rings. The van der Waals surface area contributed by atoms with Crippen LogP contribution in [-0.2, 0) is 14.3 Å². The van der Waals surface area contributed by atoms with Crippen molar-refractivity contribution in [2.24, 2.45) is 5.10 Å². The highest BCUT2D eigenvalue weighted by Crippen LogP contribution is 2.25. The van der Waals surface area contributed by atoms with Gasteiger partial charge in [-0.1, -0.05) is 31.9 Å². The lowest BCUT2D eigenvalue weighted by molar-refractivity contribution is -0.159. The maximum absolute atomic E-state index is 11.8. The first-order chi connectivity index (χ1) is 9.89. The van der Waals surface area contributed by atoms with E-state index in [1.807, 2.05) is 19.1 Å². The molecule has 1 aliphatic heterocycles. The van der Waals surface area contributed by atoms with Gasteiger partial charge in [0, 0.05) is 8.95 Å². The molecule has 0 bridgehead atoms. The van der Waals surface area contributed by atoms with Crippen LogP contribution in [0, 0.1) is 6.92 Å². The molecule has 0 aromatic heterocycles. The predicted octanol–water partition coefficient (Wildman–Crippen LogP) is 3.12. The molecule has 1 heterocycles. The highest BCUT2D eigenvalue weighted by molar-refractivity contribution is 9.11. The molecule has 21 heavy (non-hydrogen) atoms. The van der Waals surface area contributed by atoms with Crippen molar-refractivity contribution in [3.63, 3.8) is 0 Å². The molecule has 0 unspecified atom stereocenters. The van der Waals surface area contributed by atoms with E-state index in [2.05, 4.69) is 42.4 Å². The van der Waals surface area contributed by atoms with Crippen molar-refractivity contribution in [2.45, 2.75) is 26.1 Å². The molecule has 0 atom stereocenters. The van der Waals surface area contributed by atoms with E-state index < -0.39 is 5.79 Å². The smallest absolute Gasteiger partial charge is 0.245 e. The Hall–Kier alpha value is -0.760. The summed E-state index contributed by atoms with van der Waals surface area (Å²) in [6, 6.07) is 3.86. The van der Waals surface area contributed by atoms with Crippen LogP contribution in [0.1, 0.15) is 24.5 Å². The fraction of sp³-hybridized carbons (Fsp3) is 0.429. The number of amides is 1. The number of benzene rings is 1. The maximum atomic E-state index is 11.8. The molecule has 0 saturated carbocycles. The zero-order valence-corrected chi connectivity index (χ0v) is 15.0. The number of ether oxygens (including phenoxy) is 2. The number of hydrogen-bond donors (Lipinski definition) is 1. The number of nitrogens with zero attached hydrogens (tertiary/aromatic N) is 1. The van der Waals surface area contributed by atoms with Crippen LogP contribution in [0.3, 0.4) is 0 Å². The highest BCUT2D eigenvalue weighted by Gasteiger charge is 2.33. The van der Waals surface area contributed by atoms with E-state index in [0.717, 1.165) is 20.1 Å². The lowest BCUT2D eigenvalue weighted by atomic mass is 10.2. The first-order valence-electron chi connectivity index (χ1n) is 6.45. The Bertz CT molecular complexity index is 546. The molecular weight excluding hydrogens is 404 g/mol. The van der Waals surface area contributed by atoms with Crippen molar-refractivity contribution in [2.75, 3.05) is 13.2 Å². The van der Waals surface area contributed by atoms with Gasteiger partial charge >= 0.3 is 0 Å². The van der Waals surface area contributed by atoms with E-state index in [9.17, 15) is 4.79 Å². The quantitative estimate of drug-likeness (QED) is 0.602. The van der Waals surface area contributed by atoms with E-state index in [1.54, 1.807) is 13.1 Å². The molecule has 1 N–H and O–H groups in total.